The number of thiophene rings is 1. The maximum atomic E-state index is 11.5. The molecule has 2 N–H and O–H groups in total. The highest BCUT2D eigenvalue weighted by atomic mass is 127. The predicted octanol–water partition coefficient (Wildman–Crippen LogP) is 3.94. The van der Waals surface area contributed by atoms with E-state index in [0.29, 0.717) is 6.42 Å². The summed E-state index contributed by atoms with van der Waals surface area (Å²) in [5.74, 6) is 0.0882. The fraction of sp³-hybridized carbons (Fsp3) is 0.312. The van der Waals surface area contributed by atoms with Crippen LogP contribution in [0.3, 0.4) is 0 Å². The van der Waals surface area contributed by atoms with Crippen molar-refractivity contribution < 1.29 is 4.79 Å². The molecule has 1 amide bonds. The molecule has 0 fully saturated rings. The molecule has 0 bridgehead atoms. The largest absolute Gasteiger partial charge is 0.326 e. The van der Waals surface area contributed by atoms with Crippen LogP contribution in [0.5, 0.6) is 0 Å². The number of carbonyl (C=O) groups excluding carboxylic acids is 1. The first-order valence-electron chi connectivity index (χ1n) is 7.07. The van der Waals surface area contributed by atoms with Crippen LogP contribution in [0, 0.1) is 2.88 Å². The third-order valence-corrected chi connectivity index (χ3v) is 5.41. The van der Waals surface area contributed by atoms with Gasteiger partial charge in [0.25, 0.3) is 0 Å². The summed E-state index contributed by atoms with van der Waals surface area (Å²) in [6.45, 7) is 3.15. The van der Waals surface area contributed by atoms with Gasteiger partial charge in [-0.25, -0.2) is 0 Å². The summed E-state index contributed by atoms with van der Waals surface area (Å²) in [7, 11) is 0. The molecule has 0 saturated carbocycles. The lowest BCUT2D eigenvalue weighted by molar-refractivity contribution is -0.115. The molecule has 2 heterocycles. The van der Waals surface area contributed by atoms with Gasteiger partial charge in [-0.05, 0) is 69.8 Å². The van der Waals surface area contributed by atoms with Crippen LogP contribution in [0.25, 0.3) is 0 Å². The second-order valence-electron chi connectivity index (χ2n) is 5.21. The molecule has 0 aliphatic carbocycles. The zero-order chi connectivity index (χ0) is 14.8. The lowest BCUT2D eigenvalue weighted by Crippen LogP contribution is -2.22. The number of carbonyl (C=O) groups is 1. The number of hydrogen-bond donors (Lipinski definition) is 2. The first kappa shape index (κ1) is 15.0. The molecule has 110 valence electrons. The van der Waals surface area contributed by atoms with E-state index in [-0.39, 0.29) is 11.9 Å². The van der Waals surface area contributed by atoms with Crippen molar-refractivity contribution in [1.82, 2.24) is 5.32 Å². The van der Waals surface area contributed by atoms with Crippen molar-refractivity contribution in [2.45, 2.75) is 25.8 Å². The highest BCUT2D eigenvalue weighted by Gasteiger charge is 2.21. The first-order valence-corrected chi connectivity index (χ1v) is 9.03. The molecule has 5 heteroatoms. The van der Waals surface area contributed by atoms with Crippen molar-refractivity contribution in [2.24, 2.45) is 0 Å². The summed E-state index contributed by atoms with van der Waals surface area (Å²) in [6.07, 6.45) is 1.59. The van der Waals surface area contributed by atoms with Gasteiger partial charge in [-0.3, -0.25) is 4.79 Å². The van der Waals surface area contributed by atoms with E-state index in [1.54, 1.807) is 11.3 Å². The maximum absolute atomic E-state index is 11.5. The minimum absolute atomic E-state index is 0.0882. The van der Waals surface area contributed by atoms with Gasteiger partial charge in [0.2, 0.25) is 5.91 Å². The van der Waals surface area contributed by atoms with Gasteiger partial charge in [0, 0.05) is 5.69 Å². The Morgan fingerprint density at radius 3 is 2.95 bits per heavy atom. The fourth-order valence-corrected chi connectivity index (χ4v) is 4.02. The summed E-state index contributed by atoms with van der Waals surface area (Å²) in [5, 5.41) is 8.72. The zero-order valence-electron chi connectivity index (χ0n) is 11.8. The van der Waals surface area contributed by atoms with Crippen LogP contribution < -0.4 is 10.6 Å². The summed E-state index contributed by atoms with van der Waals surface area (Å²) >= 11 is 4.13. The van der Waals surface area contributed by atoms with E-state index in [1.807, 2.05) is 6.07 Å². The number of nitrogens with one attached hydrogen (secondary N) is 2. The Bertz CT molecular complexity index is 668. The van der Waals surface area contributed by atoms with E-state index in [1.165, 1.54) is 14.0 Å². The Hall–Kier alpha value is -0.920. The summed E-state index contributed by atoms with van der Waals surface area (Å²) in [5.41, 5.74) is 4.59. The van der Waals surface area contributed by atoms with Crippen LogP contribution in [0.15, 0.2) is 29.6 Å². The molecule has 1 unspecified atom stereocenters. The third-order valence-electron chi connectivity index (χ3n) is 3.61. The van der Waals surface area contributed by atoms with Crippen LogP contribution in [0.1, 0.15) is 36.1 Å². The number of benzene rings is 1. The number of rotatable bonds is 5. The standard InChI is InChI=1S/C16H17IN2OS/c1-2-5-18-16(12-7-14(17)21-9-12)10-3-4-13-11(6-10)8-15(20)19-13/h3-4,6-7,9,16,18H,2,5,8H2,1H3,(H,19,20). The molecule has 0 saturated heterocycles. The van der Waals surface area contributed by atoms with Crippen LogP contribution in [-0.2, 0) is 11.2 Å². The molecule has 3 nitrogen and oxygen atoms in total. The quantitative estimate of drug-likeness (QED) is 0.731. The Labute approximate surface area is 142 Å². The van der Waals surface area contributed by atoms with Gasteiger partial charge in [-0.1, -0.05) is 19.1 Å². The first-order chi connectivity index (χ1) is 10.2. The Balaban J connectivity index is 1.93. The van der Waals surface area contributed by atoms with Gasteiger partial charge in [-0.15, -0.1) is 11.3 Å². The van der Waals surface area contributed by atoms with Gasteiger partial charge >= 0.3 is 0 Å². The second-order valence-corrected chi connectivity index (χ2v) is 8.02. The van der Waals surface area contributed by atoms with E-state index in [4.69, 9.17) is 0 Å². The Morgan fingerprint density at radius 2 is 2.24 bits per heavy atom. The minimum atomic E-state index is 0.0882. The van der Waals surface area contributed by atoms with Crippen molar-refractivity contribution in [3.8, 4) is 0 Å². The number of hydrogen-bond acceptors (Lipinski definition) is 3. The lowest BCUT2D eigenvalue weighted by atomic mass is 9.98. The topological polar surface area (TPSA) is 41.1 Å². The highest BCUT2D eigenvalue weighted by Crippen LogP contribution is 2.31. The van der Waals surface area contributed by atoms with E-state index in [2.05, 4.69) is 63.7 Å². The predicted molar refractivity (Wildman–Crippen MR) is 95.9 cm³/mol. The lowest BCUT2D eigenvalue weighted by Gasteiger charge is -2.19. The normalized spacial score (nSPS) is 14.9. The average Bonchev–Trinajstić information content (AvgIpc) is 3.04. The summed E-state index contributed by atoms with van der Waals surface area (Å²) in [4.78, 5) is 11.5. The van der Waals surface area contributed by atoms with Gasteiger partial charge in [0.1, 0.15) is 0 Å². The molecule has 1 aliphatic heterocycles. The van der Waals surface area contributed by atoms with Gasteiger partial charge in [-0.2, -0.15) is 0 Å². The average molecular weight is 412 g/mol. The van der Waals surface area contributed by atoms with Crippen molar-refractivity contribution in [2.75, 3.05) is 11.9 Å². The van der Waals surface area contributed by atoms with E-state index < -0.39 is 0 Å². The Kier molecular flexibility index (Phi) is 4.61. The van der Waals surface area contributed by atoms with Crippen LogP contribution in [0.4, 0.5) is 5.69 Å². The van der Waals surface area contributed by atoms with Crippen molar-refractivity contribution >= 4 is 45.5 Å². The van der Waals surface area contributed by atoms with Crippen molar-refractivity contribution in [3.63, 3.8) is 0 Å². The van der Waals surface area contributed by atoms with Gasteiger partial charge in [0.05, 0.1) is 15.3 Å². The summed E-state index contributed by atoms with van der Waals surface area (Å²) in [6, 6.07) is 8.72. The monoisotopic (exact) mass is 412 g/mol. The Morgan fingerprint density at radius 1 is 1.38 bits per heavy atom. The molecular formula is C16H17IN2OS. The van der Waals surface area contributed by atoms with Crippen LogP contribution in [0.2, 0.25) is 0 Å². The molecule has 0 radical (unpaired) electrons. The van der Waals surface area contributed by atoms with Crippen LogP contribution in [-0.4, -0.2) is 12.5 Å². The minimum Gasteiger partial charge on any atom is -0.326 e. The SMILES string of the molecule is CCCNC(c1csc(I)c1)c1ccc2c(c1)CC(=O)N2. The number of halogens is 1. The molecule has 0 spiro atoms. The number of amides is 1. The molecule has 1 aromatic carbocycles. The molecule has 1 aromatic heterocycles. The van der Waals surface area contributed by atoms with Crippen LogP contribution >= 0.6 is 33.9 Å². The van der Waals surface area contributed by atoms with Gasteiger partial charge in [0.15, 0.2) is 0 Å². The molecule has 3 rings (SSSR count). The molecular weight excluding hydrogens is 395 g/mol. The third kappa shape index (κ3) is 3.30. The van der Waals surface area contributed by atoms with E-state index in [9.17, 15) is 4.79 Å². The number of anilines is 1. The summed E-state index contributed by atoms with van der Waals surface area (Å²) < 4.78 is 1.30. The molecule has 1 atom stereocenters. The van der Waals surface area contributed by atoms with E-state index in [0.717, 1.165) is 24.2 Å². The smallest absolute Gasteiger partial charge is 0.228 e. The fourth-order valence-electron chi connectivity index (χ4n) is 2.62. The highest BCUT2D eigenvalue weighted by molar-refractivity contribution is 14.1. The number of fused-ring (bicyclic) bond motifs is 1. The van der Waals surface area contributed by atoms with Gasteiger partial charge < -0.3 is 10.6 Å². The molecule has 2 aromatic rings. The van der Waals surface area contributed by atoms with E-state index >= 15 is 0 Å². The maximum Gasteiger partial charge on any atom is 0.228 e. The molecule has 1 aliphatic rings. The second kappa shape index (κ2) is 6.46. The molecule has 21 heavy (non-hydrogen) atoms. The van der Waals surface area contributed by atoms with Crippen molar-refractivity contribution in [1.29, 1.82) is 0 Å². The van der Waals surface area contributed by atoms with Crippen molar-refractivity contribution in [3.05, 3.63) is 49.2 Å². The zero-order valence-corrected chi connectivity index (χ0v) is 14.8.